The second-order valence-corrected chi connectivity index (χ2v) is 11.0. The molecule has 7 rings (SSSR count). The van der Waals surface area contributed by atoms with Crippen molar-refractivity contribution in [3.63, 3.8) is 0 Å². The van der Waals surface area contributed by atoms with E-state index < -0.39 is 0 Å². The van der Waals surface area contributed by atoms with E-state index in [4.69, 9.17) is 4.42 Å². The van der Waals surface area contributed by atoms with Gasteiger partial charge in [0.05, 0.1) is 30.1 Å². The van der Waals surface area contributed by atoms with E-state index in [1.165, 1.54) is 30.4 Å². The number of hydrogen-bond donors (Lipinski definition) is 3. The first-order valence-electron chi connectivity index (χ1n) is 13.8. The molecule has 2 saturated carbocycles. The minimum atomic E-state index is -0.270. The molecule has 4 aromatic rings. The number of anilines is 2. The zero-order chi connectivity index (χ0) is 26.3. The third-order valence-corrected chi connectivity index (χ3v) is 8.93. The molecule has 3 N–H and O–H groups in total. The normalized spacial score (nSPS) is 24.4. The summed E-state index contributed by atoms with van der Waals surface area (Å²) in [7, 11) is 0. The van der Waals surface area contributed by atoms with E-state index in [9.17, 15) is 9.59 Å². The van der Waals surface area contributed by atoms with Crippen molar-refractivity contribution in [2.75, 3.05) is 10.6 Å². The lowest BCUT2D eigenvalue weighted by atomic mass is 9.68. The van der Waals surface area contributed by atoms with Crippen LogP contribution in [0.3, 0.4) is 0 Å². The summed E-state index contributed by atoms with van der Waals surface area (Å²) in [4.78, 5) is 26.4. The molecule has 6 nitrogen and oxygen atoms in total. The fourth-order valence-electron chi connectivity index (χ4n) is 7.28. The average Bonchev–Trinajstić information content (AvgIpc) is 3.75. The maximum absolute atomic E-state index is 13.5. The SMILES string of the molecule is O=C(Nc1ccccc1C(=O)NCc1ccco1)c1ccc2c(c1)[C@@H]1[C@H]3CC[C@@H](C3)[C@@H]1[C@H](c1ccccc1)N2. The van der Waals surface area contributed by atoms with Gasteiger partial charge in [-0.2, -0.15) is 0 Å². The largest absolute Gasteiger partial charge is 0.467 e. The molecule has 0 unspecified atom stereocenters. The molecule has 5 atom stereocenters. The molecule has 6 heteroatoms. The van der Waals surface area contributed by atoms with Crippen molar-refractivity contribution in [2.45, 2.75) is 37.8 Å². The number of carbonyl (C=O) groups is 2. The lowest BCUT2D eigenvalue weighted by Crippen LogP contribution is -2.35. The van der Waals surface area contributed by atoms with Gasteiger partial charge in [0.2, 0.25) is 0 Å². The van der Waals surface area contributed by atoms with Crippen molar-refractivity contribution in [3.8, 4) is 0 Å². The van der Waals surface area contributed by atoms with Crippen LogP contribution in [0.2, 0.25) is 0 Å². The number of para-hydroxylation sites is 1. The van der Waals surface area contributed by atoms with E-state index in [1.807, 2.05) is 18.2 Å². The van der Waals surface area contributed by atoms with E-state index in [1.54, 1.807) is 30.5 Å². The van der Waals surface area contributed by atoms with Gasteiger partial charge in [-0.1, -0.05) is 42.5 Å². The van der Waals surface area contributed by atoms with E-state index in [-0.39, 0.29) is 18.4 Å². The lowest BCUT2D eigenvalue weighted by Gasteiger charge is -2.43. The molecule has 2 amide bonds. The van der Waals surface area contributed by atoms with Crippen LogP contribution in [0.1, 0.15) is 68.8 Å². The Kier molecular flexibility index (Phi) is 5.95. The molecule has 2 bridgehead atoms. The van der Waals surface area contributed by atoms with Crippen molar-refractivity contribution in [1.82, 2.24) is 5.32 Å². The highest BCUT2D eigenvalue weighted by atomic mass is 16.3. The monoisotopic (exact) mass is 517 g/mol. The van der Waals surface area contributed by atoms with Crippen LogP contribution in [0.4, 0.5) is 11.4 Å². The summed E-state index contributed by atoms with van der Waals surface area (Å²) in [6.07, 6.45) is 5.41. The lowest BCUT2D eigenvalue weighted by molar-refractivity contribution is 0.0949. The van der Waals surface area contributed by atoms with Crippen molar-refractivity contribution in [1.29, 1.82) is 0 Å². The number of hydrogen-bond acceptors (Lipinski definition) is 4. The quantitative estimate of drug-likeness (QED) is 0.264. The third-order valence-electron chi connectivity index (χ3n) is 8.93. The van der Waals surface area contributed by atoms with E-state index in [0.29, 0.717) is 46.4 Å². The maximum Gasteiger partial charge on any atom is 0.255 e. The first-order valence-corrected chi connectivity index (χ1v) is 13.8. The van der Waals surface area contributed by atoms with Gasteiger partial charge in [0.1, 0.15) is 5.76 Å². The zero-order valence-corrected chi connectivity index (χ0v) is 21.6. The number of amides is 2. The standard InChI is InChI=1S/C33H31N3O3/c37-32(36-27-11-5-4-10-25(27)33(38)34-19-24-9-6-16-39-24)23-14-15-28-26(18-23)29-21-12-13-22(17-21)30(29)31(35-28)20-7-2-1-3-8-20/h1-11,14-16,18,21-22,29-31,35H,12-13,17,19H2,(H,34,38)(H,36,37)/t21-,22-,29-,30-,31-/m0/s1. The molecule has 1 aliphatic heterocycles. The highest BCUT2D eigenvalue weighted by molar-refractivity contribution is 6.09. The highest BCUT2D eigenvalue weighted by Crippen LogP contribution is 2.63. The molecular formula is C33H31N3O3. The van der Waals surface area contributed by atoms with Crippen LogP contribution in [0.25, 0.3) is 0 Å². The number of fused-ring (bicyclic) bond motifs is 7. The average molecular weight is 518 g/mol. The third kappa shape index (κ3) is 4.30. The van der Waals surface area contributed by atoms with Crippen LogP contribution in [0.15, 0.2) is 95.6 Å². The molecule has 3 aliphatic rings. The Balaban J connectivity index is 1.14. The number of furan rings is 1. The van der Waals surface area contributed by atoms with Gasteiger partial charge in [-0.25, -0.2) is 0 Å². The maximum atomic E-state index is 13.5. The van der Waals surface area contributed by atoms with Crippen LogP contribution in [0, 0.1) is 17.8 Å². The van der Waals surface area contributed by atoms with Gasteiger partial charge in [-0.15, -0.1) is 0 Å². The molecule has 0 saturated heterocycles. The fourth-order valence-corrected chi connectivity index (χ4v) is 7.28. The Morgan fingerprint density at radius 2 is 1.69 bits per heavy atom. The molecule has 1 aromatic heterocycles. The van der Waals surface area contributed by atoms with E-state index in [2.05, 4.69) is 58.4 Å². The number of carbonyl (C=O) groups excluding carboxylic acids is 2. The second kappa shape index (κ2) is 9.77. The first-order chi connectivity index (χ1) is 19.2. The summed E-state index contributed by atoms with van der Waals surface area (Å²) in [6, 6.07) is 27.8. The van der Waals surface area contributed by atoms with Crippen LogP contribution in [-0.4, -0.2) is 11.8 Å². The molecule has 2 aliphatic carbocycles. The molecule has 0 radical (unpaired) electrons. The number of nitrogens with one attached hydrogen (secondary N) is 3. The minimum Gasteiger partial charge on any atom is -0.467 e. The zero-order valence-electron chi connectivity index (χ0n) is 21.6. The fraction of sp³-hybridized carbons (Fsp3) is 0.273. The molecule has 2 fully saturated rings. The van der Waals surface area contributed by atoms with Gasteiger partial charge in [0.25, 0.3) is 11.8 Å². The van der Waals surface area contributed by atoms with Crippen molar-refractivity contribution >= 4 is 23.2 Å². The Morgan fingerprint density at radius 3 is 2.54 bits per heavy atom. The Morgan fingerprint density at radius 1 is 0.872 bits per heavy atom. The van der Waals surface area contributed by atoms with E-state index >= 15 is 0 Å². The molecule has 2 heterocycles. The predicted molar refractivity (Wildman–Crippen MR) is 151 cm³/mol. The molecule has 196 valence electrons. The van der Waals surface area contributed by atoms with Crippen LogP contribution in [0.5, 0.6) is 0 Å². The predicted octanol–water partition coefficient (Wildman–Crippen LogP) is 6.76. The summed E-state index contributed by atoms with van der Waals surface area (Å²) >= 11 is 0. The summed E-state index contributed by atoms with van der Waals surface area (Å²) in [5, 5.41) is 9.70. The number of rotatable bonds is 6. The molecule has 3 aromatic carbocycles. The molecule has 39 heavy (non-hydrogen) atoms. The van der Waals surface area contributed by atoms with Crippen LogP contribution >= 0.6 is 0 Å². The van der Waals surface area contributed by atoms with Crippen molar-refractivity contribution < 1.29 is 14.0 Å². The van der Waals surface area contributed by atoms with E-state index in [0.717, 1.165) is 11.6 Å². The summed E-state index contributed by atoms with van der Waals surface area (Å²) in [5.41, 5.74) is 5.24. The van der Waals surface area contributed by atoms with Gasteiger partial charge >= 0.3 is 0 Å². The van der Waals surface area contributed by atoms with Crippen molar-refractivity contribution in [2.24, 2.45) is 17.8 Å². The minimum absolute atomic E-state index is 0.214. The van der Waals surface area contributed by atoms with Gasteiger partial charge in [-0.3, -0.25) is 9.59 Å². The van der Waals surface area contributed by atoms with Gasteiger partial charge in [0, 0.05) is 11.3 Å². The summed E-state index contributed by atoms with van der Waals surface area (Å²) in [5.74, 6) is 2.57. The molecular weight excluding hydrogens is 486 g/mol. The Hall–Kier alpha value is -4.32. The Labute approximate surface area is 227 Å². The molecule has 0 spiro atoms. The van der Waals surface area contributed by atoms with Gasteiger partial charge in [-0.05, 0) is 96.5 Å². The number of benzene rings is 3. The smallest absolute Gasteiger partial charge is 0.255 e. The summed E-state index contributed by atoms with van der Waals surface area (Å²) in [6.45, 7) is 0.278. The summed E-state index contributed by atoms with van der Waals surface area (Å²) < 4.78 is 5.31. The van der Waals surface area contributed by atoms with Crippen LogP contribution < -0.4 is 16.0 Å². The second-order valence-electron chi connectivity index (χ2n) is 11.0. The highest BCUT2D eigenvalue weighted by Gasteiger charge is 2.53. The van der Waals surface area contributed by atoms with Crippen LogP contribution in [-0.2, 0) is 6.54 Å². The Bertz CT molecular complexity index is 1510. The van der Waals surface area contributed by atoms with Crippen molar-refractivity contribution in [3.05, 3.63) is 119 Å². The van der Waals surface area contributed by atoms with Gasteiger partial charge < -0.3 is 20.4 Å². The first kappa shape index (κ1) is 23.8. The topological polar surface area (TPSA) is 83.4 Å². The van der Waals surface area contributed by atoms with Gasteiger partial charge in [0.15, 0.2) is 0 Å².